The van der Waals surface area contributed by atoms with Crippen molar-refractivity contribution in [2.24, 2.45) is 17.8 Å². The third-order valence-corrected chi connectivity index (χ3v) is 3.83. The fraction of sp³-hybridized carbons (Fsp3) is 0.714. The molecule has 7 heteroatoms. The van der Waals surface area contributed by atoms with E-state index in [1.165, 1.54) is 32.1 Å². The second-order valence-corrected chi connectivity index (χ2v) is 5.68. The summed E-state index contributed by atoms with van der Waals surface area (Å²) in [5, 5.41) is 3.33. The number of guanidine groups is 1. The van der Waals surface area contributed by atoms with E-state index in [2.05, 4.69) is 15.3 Å². The molecule has 0 spiro atoms. The van der Waals surface area contributed by atoms with E-state index in [0.717, 1.165) is 11.6 Å². The highest BCUT2D eigenvalue weighted by Crippen LogP contribution is 2.17. The molecule has 0 radical (unpaired) electrons. The first kappa shape index (κ1) is 18.1. The van der Waals surface area contributed by atoms with E-state index < -0.39 is 0 Å². The lowest BCUT2D eigenvalue weighted by molar-refractivity contribution is 0.412. The molecule has 120 valence electrons. The Balaban J connectivity index is 0.00000220. The summed E-state index contributed by atoms with van der Waals surface area (Å²) in [5.41, 5.74) is 7.03. The minimum absolute atomic E-state index is 0. The van der Waals surface area contributed by atoms with E-state index in [0.29, 0.717) is 18.5 Å². The van der Waals surface area contributed by atoms with Crippen LogP contribution in [-0.4, -0.2) is 35.6 Å². The monoisotopic (exact) mass is 406 g/mol. The molecule has 1 heterocycles. The van der Waals surface area contributed by atoms with E-state index in [1.807, 2.05) is 36.8 Å². The van der Waals surface area contributed by atoms with Crippen molar-refractivity contribution in [3.8, 4) is 0 Å². The van der Waals surface area contributed by atoms with E-state index in [4.69, 9.17) is 5.73 Å². The van der Waals surface area contributed by atoms with Gasteiger partial charge in [-0.2, -0.15) is 0 Å². The van der Waals surface area contributed by atoms with Crippen LogP contribution in [0.25, 0.3) is 0 Å². The molecule has 1 fully saturated rings. The van der Waals surface area contributed by atoms with Gasteiger partial charge >= 0.3 is 0 Å². The maximum atomic E-state index is 5.97. The van der Waals surface area contributed by atoms with Crippen molar-refractivity contribution in [1.29, 1.82) is 0 Å². The Bertz CT molecular complexity index is 462. The molecule has 0 atom stereocenters. The summed E-state index contributed by atoms with van der Waals surface area (Å²) in [5.74, 6) is 1.47. The van der Waals surface area contributed by atoms with Gasteiger partial charge in [-0.15, -0.1) is 24.0 Å². The highest BCUT2D eigenvalue weighted by Gasteiger charge is 2.13. The minimum Gasteiger partial charge on any atom is -0.370 e. The van der Waals surface area contributed by atoms with Crippen LogP contribution in [0.3, 0.4) is 0 Å². The van der Waals surface area contributed by atoms with Crippen LogP contribution >= 0.6 is 24.0 Å². The van der Waals surface area contributed by atoms with Crippen LogP contribution in [0, 0.1) is 0 Å². The molecule has 21 heavy (non-hydrogen) atoms. The van der Waals surface area contributed by atoms with Crippen molar-refractivity contribution in [2.45, 2.75) is 44.7 Å². The van der Waals surface area contributed by atoms with Gasteiger partial charge in [-0.05, 0) is 12.8 Å². The first-order chi connectivity index (χ1) is 9.58. The lowest BCUT2D eigenvalue weighted by Gasteiger charge is -2.23. The van der Waals surface area contributed by atoms with Crippen LogP contribution in [0.4, 0.5) is 5.95 Å². The van der Waals surface area contributed by atoms with Crippen molar-refractivity contribution in [3.05, 3.63) is 11.9 Å². The van der Waals surface area contributed by atoms with Gasteiger partial charge in [0.05, 0.1) is 18.4 Å². The average Bonchev–Trinajstić information content (AvgIpc) is 2.79. The molecule has 1 aliphatic carbocycles. The standard InChI is InChI=1S/C14H26N6.HI/c1-19(2)14-17-10-12(20(14)3)9-16-13(15)18-11-7-5-4-6-8-11;/h10-11H,4-9H2,1-3H3,(H3,15,16,18);1H. The van der Waals surface area contributed by atoms with Crippen LogP contribution in [0.2, 0.25) is 0 Å². The summed E-state index contributed by atoms with van der Waals surface area (Å²) < 4.78 is 2.04. The zero-order valence-electron chi connectivity index (χ0n) is 13.2. The van der Waals surface area contributed by atoms with Gasteiger partial charge in [0.2, 0.25) is 5.95 Å². The number of halogens is 1. The Morgan fingerprint density at radius 3 is 2.67 bits per heavy atom. The second kappa shape index (κ2) is 8.45. The molecule has 0 saturated heterocycles. The molecule has 1 saturated carbocycles. The van der Waals surface area contributed by atoms with Crippen LogP contribution < -0.4 is 16.0 Å². The molecular formula is C14H27IN6. The molecule has 1 aromatic rings. The molecule has 3 N–H and O–H groups in total. The first-order valence-corrected chi connectivity index (χ1v) is 7.32. The van der Waals surface area contributed by atoms with Crippen LogP contribution in [0.5, 0.6) is 0 Å². The van der Waals surface area contributed by atoms with Crippen molar-refractivity contribution >= 4 is 35.9 Å². The first-order valence-electron chi connectivity index (χ1n) is 7.32. The molecule has 6 nitrogen and oxygen atoms in total. The molecule has 1 aromatic heterocycles. The highest BCUT2D eigenvalue weighted by atomic mass is 127. The molecule has 0 unspecified atom stereocenters. The third-order valence-electron chi connectivity index (χ3n) is 3.83. The number of anilines is 1. The molecule has 0 aromatic carbocycles. The second-order valence-electron chi connectivity index (χ2n) is 5.68. The maximum Gasteiger partial charge on any atom is 0.204 e. The molecule has 1 aliphatic rings. The number of nitrogens with one attached hydrogen (secondary N) is 1. The van der Waals surface area contributed by atoms with Gasteiger partial charge in [0.15, 0.2) is 5.96 Å². The zero-order valence-corrected chi connectivity index (χ0v) is 15.5. The lowest BCUT2D eigenvalue weighted by Crippen LogP contribution is -2.41. The Hall–Kier alpha value is -0.990. The number of hydrogen-bond acceptors (Lipinski definition) is 3. The van der Waals surface area contributed by atoms with E-state index in [1.54, 1.807) is 0 Å². The number of aliphatic imine (C=N–C) groups is 1. The maximum absolute atomic E-state index is 5.97. The van der Waals surface area contributed by atoms with Crippen molar-refractivity contribution in [2.75, 3.05) is 19.0 Å². The molecule has 0 amide bonds. The Morgan fingerprint density at radius 1 is 1.43 bits per heavy atom. The SMILES string of the molecule is CN(C)c1ncc(CN=C(N)NC2CCCCC2)n1C.I. The van der Waals surface area contributed by atoms with Crippen LogP contribution in [-0.2, 0) is 13.6 Å². The van der Waals surface area contributed by atoms with Crippen molar-refractivity contribution < 1.29 is 0 Å². The number of imidazole rings is 1. The summed E-state index contributed by atoms with van der Waals surface area (Å²) in [4.78, 5) is 10.8. The smallest absolute Gasteiger partial charge is 0.204 e. The largest absolute Gasteiger partial charge is 0.370 e. The summed E-state index contributed by atoms with van der Waals surface area (Å²) in [7, 11) is 5.96. The van der Waals surface area contributed by atoms with E-state index in [-0.39, 0.29) is 24.0 Å². The summed E-state index contributed by atoms with van der Waals surface area (Å²) in [6.07, 6.45) is 8.18. The molecule has 0 bridgehead atoms. The molecule has 0 aliphatic heterocycles. The fourth-order valence-corrected chi connectivity index (χ4v) is 2.66. The van der Waals surface area contributed by atoms with Gasteiger partial charge in [-0.25, -0.2) is 9.98 Å². The quantitative estimate of drug-likeness (QED) is 0.455. The van der Waals surface area contributed by atoms with Gasteiger partial charge < -0.3 is 20.5 Å². The number of nitrogens with zero attached hydrogens (tertiary/aromatic N) is 4. The normalized spacial score (nSPS) is 16.4. The topological polar surface area (TPSA) is 71.5 Å². The Labute approximate surface area is 144 Å². The van der Waals surface area contributed by atoms with Gasteiger partial charge in [0, 0.05) is 27.2 Å². The zero-order chi connectivity index (χ0) is 14.5. The Kier molecular flexibility index (Phi) is 7.27. The fourth-order valence-electron chi connectivity index (χ4n) is 2.66. The minimum atomic E-state index is 0. The number of hydrogen-bond donors (Lipinski definition) is 2. The highest BCUT2D eigenvalue weighted by molar-refractivity contribution is 14.0. The van der Waals surface area contributed by atoms with Gasteiger partial charge in [0.25, 0.3) is 0 Å². The number of nitrogens with two attached hydrogens (primary N) is 1. The predicted octanol–water partition coefficient (Wildman–Crippen LogP) is 1.84. The van der Waals surface area contributed by atoms with Gasteiger partial charge in [-0.3, -0.25) is 0 Å². The molecule has 2 rings (SSSR count). The van der Waals surface area contributed by atoms with Crippen LogP contribution in [0.1, 0.15) is 37.8 Å². The summed E-state index contributed by atoms with van der Waals surface area (Å²) in [6.45, 7) is 0.558. The predicted molar refractivity (Wildman–Crippen MR) is 98.3 cm³/mol. The average molecular weight is 406 g/mol. The van der Waals surface area contributed by atoms with Gasteiger partial charge in [0.1, 0.15) is 0 Å². The lowest BCUT2D eigenvalue weighted by atomic mass is 9.96. The van der Waals surface area contributed by atoms with Crippen molar-refractivity contribution in [1.82, 2.24) is 14.9 Å². The third kappa shape index (κ3) is 5.05. The van der Waals surface area contributed by atoms with Gasteiger partial charge in [-0.1, -0.05) is 19.3 Å². The van der Waals surface area contributed by atoms with Crippen molar-refractivity contribution in [3.63, 3.8) is 0 Å². The summed E-state index contributed by atoms with van der Waals surface area (Å²) >= 11 is 0. The van der Waals surface area contributed by atoms with E-state index >= 15 is 0 Å². The molecular weight excluding hydrogens is 379 g/mol. The Morgan fingerprint density at radius 2 is 2.10 bits per heavy atom. The van der Waals surface area contributed by atoms with E-state index in [9.17, 15) is 0 Å². The number of aromatic nitrogens is 2. The number of rotatable bonds is 4. The summed E-state index contributed by atoms with van der Waals surface area (Å²) in [6, 6.07) is 0.497. The van der Waals surface area contributed by atoms with Crippen LogP contribution in [0.15, 0.2) is 11.2 Å².